The number of hydrogen-bond acceptors (Lipinski definition) is 3. The van der Waals surface area contributed by atoms with Crippen molar-refractivity contribution in [3.8, 4) is 0 Å². The van der Waals surface area contributed by atoms with Crippen molar-refractivity contribution in [2.75, 3.05) is 16.0 Å². The molecule has 0 atom stereocenters. The Morgan fingerprint density at radius 3 is 1.71 bits per heavy atom. The topological polar surface area (TPSA) is 70.2 Å². The summed E-state index contributed by atoms with van der Waals surface area (Å²) in [6.45, 7) is 0. The maximum Gasteiger partial charge on any atom is 0.323 e. The Bertz CT molecular complexity index is 1170. The molecule has 4 aromatic rings. The highest BCUT2D eigenvalue weighted by Gasteiger charge is 2.10. The minimum Gasteiger partial charge on any atom is -0.354 e. The highest BCUT2D eigenvalue weighted by Crippen LogP contribution is 2.26. The van der Waals surface area contributed by atoms with Crippen molar-refractivity contribution in [2.45, 2.75) is 0 Å². The van der Waals surface area contributed by atoms with Crippen molar-refractivity contribution in [2.24, 2.45) is 0 Å². The quantitative estimate of drug-likeness (QED) is 0.328. The van der Waals surface area contributed by atoms with Crippen molar-refractivity contribution < 1.29 is 9.59 Å². The van der Waals surface area contributed by atoms with Gasteiger partial charge in [-0.2, -0.15) is 0 Å². The van der Waals surface area contributed by atoms with Crippen LogP contribution in [-0.4, -0.2) is 11.8 Å². The van der Waals surface area contributed by atoms with Gasteiger partial charge in [-0.3, -0.25) is 4.79 Å². The summed E-state index contributed by atoms with van der Waals surface area (Å²) in [5, 5.41) is 8.96. The molecule has 5 nitrogen and oxygen atoms in total. The number of hydrogen-bond donors (Lipinski definition) is 3. The Morgan fingerprint density at radius 1 is 0.484 bits per heavy atom. The Hall–Kier alpha value is -4.38. The predicted molar refractivity (Wildman–Crippen MR) is 125 cm³/mol. The first-order valence-corrected chi connectivity index (χ1v) is 9.88. The summed E-state index contributed by atoms with van der Waals surface area (Å²) in [6, 6.07) is 32.8. The number of carbonyl (C=O) groups is 2. The minimum absolute atomic E-state index is 0.0215. The molecule has 0 aliphatic heterocycles. The van der Waals surface area contributed by atoms with E-state index in [1.807, 2.05) is 84.9 Å². The van der Waals surface area contributed by atoms with E-state index in [4.69, 9.17) is 0 Å². The standard InChI is InChI=1S/C26H21N3O2/c30-25(19-9-3-1-4-10-19)20-15-17-22(18-16-20)27-23-13-7-8-14-24(23)29-26(31)28-21-11-5-2-6-12-21/h1-18,27H,(H2,28,29,31). The van der Waals surface area contributed by atoms with Crippen molar-refractivity contribution in [3.63, 3.8) is 0 Å². The molecule has 0 radical (unpaired) electrons. The number of amides is 2. The molecule has 0 heterocycles. The summed E-state index contributed by atoms with van der Waals surface area (Å²) >= 11 is 0. The maximum absolute atomic E-state index is 12.6. The van der Waals surface area contributed by atoms with Gasteiger partial charge in [0.1, 0.15) is 0 Å². The van der Waals surface area contributed by atoms with Crippen molar-refractivity contribution in [1.82, 2.24) is 0 Å². The highest BCUT2D eigenvalue weighted by molar-refractivity contribution is 6.09. The molecule has 0 saturated heterocycles. The van der Waals surface area contributed by atoms with Crippen LogP contribution in [-0.2, 0) is 0 Å². The molecule has 4 aromatic carbocycles. The van der Waals surface area contributed by atoms with Gasteiger partial charge in [-0.1, -0.05) is 60.7 Å². The van der Waals surface area contributed by atoms with E-state index in [9.17, 15) is 9.59 Å². The Labute approximate surface area is 180 Å². The first kappa shape index (κ1) is 19.9. The van der Waals surface area contributed by atoms with E-state index in [0.29, 0.717) is 22.5 Å². The summed E-state index contributed by atoms with van der Waals surface area (Å²) in [6.07, 6.45) is 0. The first-order valence-electron chi connectivity index (χ1n) is 9.88. The minimum atomic E-state index is -0.329. The number of nitrogens with one attached hydrogen (secondary N) is 3. The van der Waals surface area contributed by atoms with Crippen LogP contribution >= 0.6 is 0 Å². The smallest absolute Gasteiger partial charge is 0.323 e. The number of urea groups is 1. The van der Waals surface area contributed by atoms with Crippen LogP contribution in [0.5, 0.6) is 0 Å². The molecule has 3 N–H and O–H groups in total. The second-order valence-electron chi connectivity index (χ2n) is 6.89. The van der Waals surface area contributed by atoms with Crippen LogP contribution in [0.3, 0.4) is 0 Å². The predicted octanol–water partition coefficient (Wildman–Crippen LogP) is 6.31. The molecule has 152 valence electrons. The Morgan fingerprint density at radius 2 is 1.03 bits per heavy atom. The SMILES string of the molecule is O=C(Nc1ccccc1)Nc1ccccc1Nc1ccc(C(=O)c2ccccc2)cc1. The zero-order chi connectivity index (χ0) is 21.5. The third-order valence-electron chi connectivity index (χ3n) is 4.67. The first-order chi connectivity index (χ1) is 15.2. The second kappa shape index (κ2) is 9.41. The fourth-order valence-electron chi connectivity index (χ4n) is 3.12. The molecule has 0 aliphatic carbocycles. The van der Waals surface area contributed by atoms with Crippen LogP contribution in [0.15, 0.2) is 109 Å². The van der Waals surface area contributed by atoms with Crippen LogP contribution in [0, 0.1) is 0 Å². The van der Waals surface area contributed by atoms with Crippen molar-refractivity contribution >= 4 is 34.6 Å². The Kier molecular flexibility index (Phi) is 6.05. The van der Waals surface area contributed by atoms with Gasteiger partial charge in [-0.05, 0) is 48.5 Å². The van der Waals surface area contributed by atoms with E-state index in [2.05, 4.69) is 16.0 Å². The van der Waals surface area contributed by atoms with E-state index in [1.165, 1.54) is 0 Å². The van der Waals surface area contributed by atoms with E-state index in [1.54, 1.807) is 24.3 Å². The van der Waals surface area contributed by atoms with E-state index in [0.717, 1.165) is 11.4 Å². The molecule has 0 saturated carbocycles. The molecule has 0 bridgehead atoms. The molecular weight excluding hydrogens is 386 g/mol. The van der Waals surface area contributed by atoms with Gasteiger partial charge in [-0.25, -0.2) is 4.79 Å². The number of carbonyl (C=O) groups excluding carboxylic acids is 2. The van der Waals surface area contributed by atoms with E-state index < -0.39 is 0 Å². The molecule has 0 spiro atoms. The van der Waals surface area contributed by atoms with Crippen LogP contribution in [0.1, 0.15) is 15.9 Å². The van der Waals surface area contributed by atoms with Crippen LogP contribution < -0.4 is 16.0 Å². The third-order valence-corrected chi connectivity index (χ3v) is 4.67. The number of ketones is 1. The summed E-state index contributed by atoms with van der Waals surface area (Å²) in [4.78, 5) is 24.9. The van der Waals surface area contributed by atoms with Gasteiger partial charge in [0.05, 0.1) is 11.4 Å². The highest BCUT2D eigenvalue weighted by atomic mass is 16.2. The van der Waals surface area contributed by atoms with Gasteiger partial charge >= 0.3 is 6.03 Å². The van der Waals surface area contributed by atoms with Crippen LogP contribution in [0.4, 0.5) is 27.5 Å². The van der Waals surface area contributed by atoms with E-state index in [-0.39, 0.29) is 11.8 Å². The van der Waals surface area contributed by atoms with Gasteiger partial charge in [0.15, 0.2) is 5.78 Å². The summed E-state index contributed by atoms with van der Waals surface area (Å²) in [5.74, 6) is -0.0215. The van der Waals surface area contributed by atoms with Gasteiger partial charge in [0.25, 0.3) is 0 Å². The summed E-state index contributed by atoms with van der Waals surface area (Å²) in [5.41, 5.74) is 4.17. The Balaban J connectivity index is 1.45. The van der Waals surface area contributed by atoms with Gasteiger partial charge < -0.3 is 16.0 Å². The molecule has 2 amide bonds. The van der Waals surface area contributed by atoms with Gasteiger partial charge in [0, 0.05) is 22.5 Å². The lowest BCUT2D eigenvalue weighted by Crippen LogP contribution is -2.19. The monoisotopic (exact) mass is 407 g/mol. The zero-order valence-electron chi connectivity index (χ0n) is 16.7. The molecule has 0 aromatic heterocycles. The van der Waals surface area contributed by atoms with E-state index >= 15 is 0 Å². The fraction of sp³-hybridized carbons (Fsp3) is 0. The average Bonchev–Trinajstić information content (AvgIpc) is 2.81. The van der Waals surface area contributed by atoms with Gasteiger partial charge in [0.2, 0.25) is 0 Å². The molecule has 0 fully saturated rings. The fourth-order valence-corrected chi connectivity index (χ4v) is 3.12. The van der Waals surface area contributed by atoms with Crippen LogP contribution in [0.2, 0.25) is 0 Å². The largest absolute Gasteiger partial charge is 0.354 e. The molecule has 0 aliphatic rings. The summed E-state index contributed by atoms with van der Waals surface area (Å²) < 4.78 is 0. The molecule has 31 heavy (non-hydrogen) atoms. The normalized spacial score (nSPS) is 10.2. The van der Waals surface area contributed by atoms with Crippen LogP contribution in [0.25, 0.3) is 0 Å². The summed E-state index contributed by atoms with van der Waals surface area (Å²) in [7, 11) is 0. The molecule has 4 rings (SSSR count). The average molecular weight is 407 g/mol. The van der Waals surface area contributed by atoms with Gasteiger partial charge in [-0.15, -0.1) is 0 Å². The second-order valence-corrected chi connectivity index (χ2v) is 6.89. The lowest BCUT2D eigenvalue weighted by molar-refractivity contribution is 0.103. The maximum atomic E-state index is 12.6. The number of para-hydroxylation sites is 3. The molecular formula is C26H21N3O2. The zero-order valence-corrected chi connectivity index (χ0v) is 16.7. The number of benzene rings is 4. The van der Waals surface area contributed by atoms with Crippen molar-refractivity contribution in [1.29, 1.82) is 0 Å². The number of rotatable bonds is 6. The van der Waals surface area contributed by atoms with Crippen molar-refractivity contribution in [3.05, 3.63) is 120 Å². The molecule has 5 heteroatoms. The lowest BCUT2D eigenvalue weighted by Gasteiger charge is -2.14. The molecule has 0 unspecified atom stereocenters. The lowest BCUT2D eigenvalue weighted by atomic mass is 10.0. The number of anilines is 4. The third kappa shape index (κ3) is 5.16.